The summed E-state index contributed by atoms with van der Waals surface area (Å²) in [5, 5.41) is 3.22. The van der Waals surface area contributed by atoms with E-state index in [0.29, 0.717) is 38.5 Å². The average Bonchev–Trinajstić information content (AvgIpc) is 3.05. The Bertz CT molecular complexity index is 1040. The molecule has 3 aromatic rings. The van der Waals surface area contributed by atoms with Crippen molar-refractivity contribution in [3.63, 3.8) is 0 Å². The van der Waals surface area contributed by atoms with E-state index in [1.54, 1.807) is 38.4 Å². The zero-order valence-corrected chi connectivity index (χ0v) is 17.0. The van der Waals surface area contributed by atoms with E-state index in [-0.39, 0.29) is 10.7 Å². The minimum atomic E-state index is -4.28. The molecular formula is C18H16F3N5OS2. The Morgan fingerprint density at radius 3 is 2.55 bits per heavy atom. The van der Waals surface area contributed by atoms with Gasteiger partial charge in [-0.2, -0.15) is 13.2 Å². The molecule has 29 heavy (non-hydrogen) atoms. The number of hydrogen-bond donors (Lipinski definition) is 2. The SMILES string of the molecule is Cc1cc(C)c(SCC(F)(F)F)cc1NC(=O)c1sc(-c2cncnc2)nc1N. The average molecular weight is 439 g/mol. The van der Waals surface area contributed by atoms with Crippen LogP contribution in [0.2, 0.25) is 0 Å². The Balaban J connectivity index is 1.83. The molecule has 0 spiro atoms. The van der Waals surface area contributed by atoms with E-state index in [1.165, 1.54) is 6.33 Å². The van der Waals surface area contributed by atoms with E-state index in [4.69, 9.17) is 5.73 Å². The number of anilines is 2. The van der Waals surface area contributed by atoms with Crippen LogP contribution in [0.4, 0.5) is 24.7 Å². The number of nitrogens with zero attached hydrogens (tertiary/aromatic N) is 3. The number of rotatable bonds is 5. The highest BCUT2D eigenvalue weighted by Crippen LogP contribution is 2.34. The van der Waals surface area contributed by atoms with Crippen molar-refractivity contribution in [3.8, 4) is 10.6 Å². The van der Waals surface area contributed by atoms with Gasteiger partial charge in [-0.15, -0.1) is 23.1 Å². The molecule has 1 amide bonds. The summed E-state index contributed by atoms with van der Waals surface area (Å²) in [4.78, 5) is 25.4. The Morgan fingerprint density at radius 1 is 1.21 bits per heavy atom. The summed E-state index contributed by atoms with van der Waals surface area (Å²) >= 11 is 1.76. The lowest BCUT2D eigenvalue weighted by Crippen LogP contribution is -2.14. The molecule has 3 N–H and O–H groups in total. The van der Waals surface area contributed by atoms with Crippen LogP contribution in [-0.2, 0) is 0 Å². The molecule has 0 aliphatic carbocycles. The van der Waals surface area contributed by atoms with Gasteiger partial charge >= 0.3 is 6.18 Å². The van der Waals surface area contributed by atoms with Crippen molar-refractivity contribution >= 4 is 40.5 Å². The van der Waals surface area contributed by atoms with E-state index in [1.807, 2.05) is 0 Å². The lowest BCUT2D eigenvalue weighted by molar-refractivity contribution is -0.105. The third-order valence-electron chi connectivity index (χ3n) is 3.83. The van der Waals surface area contributed by atoms with Crippen molar-refractivity contribution < 1.29 is 18.0 Å². The first-order valence-corrected chi connectivity index (χ1v) is 10.1. The summed E-state index contributed by atoms with van der Waals surface area (Å²) in [6.45, 7) is 3.50. The van der Waals surface area contributed by atoms with Crippen LogP contribution in [0.25, 0.3) is 10.6 Å². The molecular weight excluding hydrogens is 423 g/mol. The van der Waals surface area contributed by atoms with E-state index < -0.39 is 17.8 Å². The second kappa shape index (κ2) is 8.37. The van der Waals surface area contributed by atoms with Crippen molar-refractivity contribution in [1.82, 2.24) is 15.0 Å². The number of carbonyl (C=O) groups is 1. The molecule has 0 aliphatic heterocycles. The van der Waals surface area contributed by atoms with Crippen LogP contribution in [0.15, 0.2) is 35.7 Å². The molecule has 0 saturated carbocycles. The topological polar surface area (TPSA) is 93.8 Å². The summed E-state index contributed by atoms with van der Waals surface area (Å²) in [7, 11) is 0. The van der Waals surface area contributed by atoms with Gasteiger partial charge in [0.1, 0.15) is 22.0 Å². The third kappa shape index (κ3) is 5.24. The Kier molecular flexibility index (Phi) is 6.08. The van der Waals surface area contributed by atoms with Gasteiger partial charge in [0.15, 0.2) is 0 Å². The maximum Gasteiger partial charge on any atom is 0.398 e. The first-order chi connectivity index (χ1) is 13.6. The zero-order chi connectivity index (χ0) is 21.2. The number of halogens is 3. The molecule has 0 bridgehead atoms. The van der Waals surface area contributed by atoms with E-state index >= 15 is 0 Å². The van der Waals surface area contributed by atoms with E-state index in [9.17, 15) is 18.0 Å². The molecule has 2 heterocycles. The first-order valence-electron chi connectivity index (χ1n) is 8.28. The van der Waals surface area contributed by atoms with Gasteiger partial charge in [-0.05, 0) is 31.0 Å². The molecule has 0 aliphatic rings. The molecule has 0 saturated heterocycles. The van der Waals surface area contributed by atoms with Gasteiger partial charge in [-0.3, -0.25) is 4.79 Å². The zero-order valence-electron chi connectivity index (χ0n) is 15.4. The minimum Gasteiger partial charge on any atom is -0.382 e. The number of thiazole rings is 1. The van der Waals surface area contributed by atoms with Crippen LogP contribution >= 0.6 is 23.1 Å². The van der Waals surface area contributed by atoms with Crippen molar-refractivity contribution in [1.29, 1.82) is 0 Å². The second-order valence-corrected chi connectivity index (χ2v) is 8.17. The summed E-state index contributed by atoms with van der Waals surface area (Å²) in [5.74, 6) is -1.43. The standard InChI is InChI=1S/C18H16F3N5OS2/c1-9-3-10(2)13(28-7-18(19,20)21)4-12(9)25-16(27)14-15(22)26-17(29-14)11-5-23-8-24-6-11/h3-6,8H,7,22H2,1-2H3,(H,25,27). The second-order valence-electron chi connectivity index (χ2n) is 6.15. The van der Waals surface area contributed by atoms with Crippen LogP contribution in [-0.4, -0.2) is 32.8 Å². The number of nitrogens with two attached hydrogens (primary N) is 1. The normalized spacial score (nSPS) is 11.5. The summed E-state index contributed by atoms with van der Waals surface area (Å²) in [6, 6.07) is 3.28. The van der Waals surface area contributed by atoms with Crippen molar-refractivity contribution in [2.24, 2.45) is 0 Å². The summed E-state index contributed by atoms with van der Waals surface area (Å²) in [5.41, 5.74) is 8.37. The summed E-state index contributed by atoms with van der Waals surface area (Å²) < 4.78 is 37.7. The smallest absolute Gasteiger partial charge is 0.382 e. The van der Waals surface area contributed by atoms with E-state index in [0.717, 1.165) is 16.9 Å². The van der Waals surface area contributed by atoms with Crippen LogP contribution in [0, 0.1) is 13.8 Å². The van der Waals surface area contributed by atoms with Crippen LogP contribution < -0.4 is 11.1 Å². The minimum absolute atomic E-state index is 0.0581. The Labute approximate surface area is 172 Å². The fourth-order valence-electron chi connectivity index (χ4n) is 2.49. The molecule has 0 radical (unpaired) electrons. The maximum atomic E-state index is 12.7. The lowest BCUT2D eigenvalue weighted by atomic mass is 10.1. The number of thioether (sulfide) groups is 1. The number of carbonyl (C=O) groups excluding carboxylic acids is 1. The first kappa shape index (κ1) is 21.1. The van der Waals surface area contributed by atoms with Gasteiger partial charge in [-0.25, -0.2) is 15.0 Å². The van der Waals surface area contributed by atoms with Gasteiger partial charge in [-0.1, -0.05) is 6.07 Å². The Morgan fingerprint density at radius 2 is 1.90 bits per heavy atom. The largest absolute Gasteiger partial charge is 0.398 e. The van der Waals surface area contributed by atoms with Gasteiger partial charge in [0.2, 0.25) is 0 Å². The maximum absolute atomic E-state index is 12.7. The van der Waals surface area contributed by atoms with Crippen molar-refractivity contribution in [2.75, 3.05) is 16.8 Å². The number of alkyl halides is 3. The molecule has 2 aromatic heterocycles. The van der Waals surface area contributed by atoms with Gasteiger partial charge in [0.05, 0.1) is 5.75 Å². The molecule has 0 unspecified atom stereocenters. The highest BCUT2D eigenvalue weighted by molar-refractivity contribution is 7.99. The molecule has 3 rings (SSSR count). The molecule has 0 atom stereocenters. The summed E-state index contributed by atoms with van der Waals surface area (Å²) in [6.07, 6.45) is 0.213. The predicted molar refractivity (Wildman–Crippen MR) is 108 cm³/mol. The van der Waals surface area contributed by atoms with Crippen molar-refractivity contribution in [3.05, 3.63) is 46.9 Å². The third-order valence-corrected chi connectivity index (χ3v) is 6.17. The van der Waals surface area contributed by atoms with E-state index in [2.05, 4.69) is 20.3 Å². The molecule has 152 valence electrons. The molecule has 6 nitrogen and oxygen atoms in total. The van der Waals surface area contributed by atoms with Crippen LogP contribution in [0.1, 0.15) is 20.8 Å². The van der Waals surface area contributed by atoms with Gasteiger partial charge in [0, 0.05) is 28.5 Å². The number of nitrogens with one attached hydrogen (secondary N) is 1. The number of nitrogen functional groups attached to an aromatic ring is 1. The van der Waals surface area contributed by atoms with Gasteiger partial charge < -0.3 is 11.1 Å². The highest BCUT2D eigenvalue weighted by Gasteiger charge is 2.28. The fraction of sp³-hybridized carbons (Fsp3) is 0.222. The van der Waals surface area contributed by atoms with Crippen LogP contribution in [0.5, 0.6) is 0 Å². The monoisotopic (exact) mass is 439 g/mol. The van der Waals surface area contributed by atoms with Crippen molar-refractivity contribution in [2.45, 2.75) is 24.9 Å². The highest BCUT2D eigenvalue weighted by atomic mass is 32.2. The molecule has 0 fully saturated rings. The number of aromatic nitrogens is 3. The van der Waals surface area contributed by atoms with Gasteiger partial charge in [0.25, 0.3) is 5.91 Å². The quantitative estimate of drug-likeness (QED) is 0.560. The number of benzene rings is 1. The number of hydrogen-bond acceptors (Lipinski definition) is 7. The molecule has 1 aromatic carbocycles. The Hall–Kier alpha value is -2.66. The van der Waals surface area contributed by atoms with Crippen LogP contribution in [0.3, 0.4) is 0 Å². The number of amides is 1. The number of aryl methyl sites for hydroxylation is 2. The fourth-order valence-corrected chi connectivity index (χ4v) is 4.15. The predicted octanol–water partition coefficient (Wildman–Crippen LogP) is 4.71. The molecule has 11 heteroatoms. The lowest BCUT2D eigenvalue weighted by Gasteiger charge is -2.13.